The summed E-state index contributed by atoms with van der Waals surface area (Å²) in [5.74, 6) is 1.21. The maximum absolute atomic E-state index is 13.1. The van der Waals surface area contributed by atoms with Gasteiger partial charge in [-0.05, 0) is 55.3 Å². The second-order valence-corrected chi connectivity index (χ2v) is 8.85. The molecule has 0 saturated heterocycles. The topological polar surface area (TPSA) is 58.6 Å². The van der Waals surface area contributed by atoms with E-state index in [1.54, 1.807) is 30.7 Å². The molecule has 0 radical (unpaired) electrons. The van der Waals surface area contributed by atoms with E-state index in [1.807, 2.05) is 48.5 Å². The van der Waals surface area contributed by atoms with Crippen LogP contribution in [0.25, 0.3) is 0 Å². The van der Waals surface area contributed by atoms with Crippen molar-refractivity contribution >= 4 is 35.2 Å². The van der Waals surface area contributed by atoms with E-state index in [0.29, 0.717) is 30.3 Å². The van der Waals surface area contributed by atoms with Gasteiger partial charge in [0.05, 0.1) is 7.11 Å². The van der Waals surface area contributed by atoms with Crippen molar-refractivity contribution in [2.45, 2.75) is 50.6 Å². The smallest absolute Gasteiger partial charge is 0.242 e. The van der Waals surface area contributed by atoms with Crippen LogP contribution in [0.15, 0.2) is 53.4 Å². The number of hydrogen-bond donors (Lipinski definition) is 1. The number of hydrogen-bond acceptors (Lipinski definition) is 4. The minimum absolute atomic E-state index is 0.0459. The van der Waals surface area contributed by atoms with Gasteiger partial charge in [-0.25, -0.2) is 0 Å². The lowest BCUT2D eigenvalue weighted by atomic mass is 10.1. The summed E-state index contributed by atoms with van der Waals surface area (Å²) < 4.78 is 5.21. The maximum Gasteiger partial charge on any atom is 0.242 e. The molecular formula is C24H31ClN2O3S. The van der Waals surface area contributed by atoms with Gasteiger partial charge in [-0.15, -0.1) is 11.8 Å². The summed E-state index contributed by atoms with van der Waals surface area (Å²) in [4.78, 5) is 28.4. The zero-order valence-corrected chi connectivity index (χ0v) is 20.0. The van der Waals surface area contributed by atoms with Gasteiger partial charge in [0.2, 0.25) is 11.8 Å². The Labute approximate surface area is 194 Å². The standard InChI is InChI=1S/C24H31ClN2O3S/c1-4-5-15-26-24(29)18(2)27(17-19-6-10-21(30-3)11-7-19)23(28)14-16-31-22-12-8-20(25)9-13-22/h6-13,18H,4-5,14-17H2,1-3H3,(H,26,29)/t18-/m0/s1. The number of carbonyl (C=O) groups excluding carboxylic acids is 2. The highest BCUT2D eigenvalue weighted by Crippen LogP contribution is 2.22. The molecule has 0 aliphatic carbocycles. The van der Waals surface area contributed by atoms with Crippen LogP contribution >= 0.6 is 23.4 Å². The zero-order chi connectivity index (χ0) is 22.6. The molecule has 1 N–H and O–H groups in total. The van der Waals surface area contributed by atoms with Crippen LogP contribution in [0.2, 0.25) is 5.02 Å². The summed E-state index contributed by atoms with van der Waals surface area (Å²) >= 11 is 7.53. The van der Waals surface area contributed by atoms with Crippen molar-refractivity contribution in [1.82, 2.24) is 10.2 Å². The number of benzene rings is 2. The number of nitrogens with zero attached hydrogens (tertiary/aromatic N) is 1. The number of rotatable bonds is 12. The van der Waals surface area contributed by atoms with Gasteiger partial charge in [0.25, 0.3) is 0 Å². The molecule has 0 spiro atoms. The molecule has 2 aromatic carbocycles. The van der Waals surface area contributed by atoms with Gasteiger partial charge in [-0.1, -0.05) is 37.1 Å². The van der Waals surface area contributed by atoms with E-state index >= 15 is 0 Å². The second kappa shape index (κ2) is 13.3. The van der Waals surface area contributed by atoms with Crippen LogP contribution in [0.4, 0.5) is 0 Å². The Balaban J connectivity index is 2.03. The quantitative estimate of drug-likeness (QED) is 0.349. The second-order valence-electron chi connectivity index (χ2n) is 7.24. The number of nitrogens with one attached hydrogen (secondary N) is 1. The van der Waals surface area contributed by atoms with Crippen LogP contribution in [0.3, 0.4) is 0 Å². The summed E-state index contributed by atoms with van der Waals surface area (Å²) in [5, 5.41) is 3.63. The number of unbranched alkanes of at least 4 members (excludes halogenated alkanes) is 1. The Morgan fingerprint density at radius 1 is 1.13 bits per heavy atom. The van der Waals surface area contributed by atoms with E-state index in [1.165, 1.54) is 0 Å². The number of carbonyl (C=O) groups is 2. The SMILES string of the molecule is CCCCNC(=O)[C@H](C)N(Cc1ccc(OC)cc1)C(=O)CCSc1ccc(Cl)cc1. The maximum atomic E-state index is 13.1. The summed E-state index contributed by atoms with van der Waals surface area (Å²) in [5.41, 5.74) is 0.952. The number of amides is 2. The molecule has 2 amide bonds. The van der Waals surface area contributed by atoms with Crippen molar-refractivity contribution in [3.8, 4) is 5.75 Å². The molecule has 168 valence electrons. The Kier molecular flexibility index (Phi) is 10.7. The van der Waals surface area contributed by atoms with Gasteiger partial charge in [0.1, 0.15) is 11.8 Å². The van der Waals surface area contributed by atoms with Crippen LogP contribution in [0, 0.1) is 0 Å². The molecule has 0 fully saturated rings. The van der Waals surface area contributed by atoms with E-state index in [2.05, 4.69) is 12.2 Å². The summed E-state index contributed by atoms with van der Waals surface area (Å²) in [7, 11) is 1.62. The summed E-state index contributed by atoms with van der Waals surface area (Å²) in [6, 6.07) is 14.6. The minimum atomic E-state index is -0.549. The van der Waals surface area contributed by atoms with Gasteiger partial charge in [0, 0.05) is 35.2 Å². The highest BCUT2D eigenvalue weighted by atomic mass is 35.5. The lowest BCUT2D eigenvalue weighted by Crippen LogP contribution is -2.47. The predicted octanol–water partition coefficient (Wildman–Crippen LogP) is 5.16. The fraction of sp³-hybridized carbons (Fsp3) is 0.417. The van der Waals surface area contributed by atoms with Gasteiger partial charge in [-0.2, -0.15) is 0 Å². The lowest BCUT2D eigenvalue weighted by Gasteiger charge is -2.29. The Morgan fingerprint density at radius 2 is 1.81 bits per heavy atom. The van der Waals surface area contributed by atoms with Crippen LogP contribution < -0.4 is 10.1 Å². The molecule has 0 bridgehead atoms. The fourth-order valence-electron chi connectivity index (χ4n) is 2.98. The molecule has 0 saturated carbocycles. The highest BCUT2D eigenvalue weighted by Gasteiger charge is 2.25. The summed E-state index contributed by atoms with van der Waals surface area (Å²) in [6.07, 6.45) is 2.27. The van der Waals surface area contributed by atoms with Crippen molar-refractivity contribution in [3.63, 3.8) is 0 Å². The predicted molar refractivity (Wildman–Crippen MR) is 128 cm³/mol. The molecule has 0 aromatic heterocycles. The van der Waals surface area contributed by atoms with Crippen molar-refractivity contribution in [3.05, 3.63) is 59.1 Å². The molecule has 0 aliphatic rings. The van der Waals surface area contributed by atoms with Gasteiger partial charge in [0.15, 0.2) is 0 Å². The largest absolute Gasteiger partial charge is 0.497 e. The number of methoxy groups -OCH3 is 1. The van der Waals surface area contributed by atoms with Crippen LogP contribution in [-0.4, -0.2) is 42.2 Å². The molecule has 2 rings (SSSR count). The monoisotopic (exact) mass is 462 g/mol. The van der Waals surface area contributed by atoms with E-state index in [9.17, 15) is 9.59 Å². The third kappa shape index (κ3) is 8.46. The molecule has 1 atom stereocenters. The van der Waals surface area contributed by atoms with Gasteiger partial charge < -0.3 is 15.0 Å². The zero-order valence-electron chi connectivity index (χ0n) is 18.4. The first kappa shape index (κ1) is 25.1. The first-order valence-corrected chi connectivity index (χ1v) is 11.9. The Hall–Kier alpha value is -2.18. The van der Waals surface area contributed by atoms with Crippen molar-refractivity contribution in [2.24, 2.45) is 0 Å². The van der Waals surface area contributed by atoms with Gasteiger partial charge in [-0.3, -0.25) is 9.59 Å². The Bertz CT molecular complexity index is 828. The highest BCUT2D eigenvalue weighted by molar-refractivity contribution is 7.99. The van der Waals surface area contributed by atoms with Gasteiger partial charge >= 0.3 is 0 Å². The average Bonchev–Trinajstić information content (AvgIpc) is 2.78. The van der Waals surface area contributed by atoms with E-state index in [0.717, 1.165) is 29.1 Å². The molecule has 5 nitrogen and oxygen atoms in total. The molecule has 7 heteroatoms. The molecular weight excluding hydrogens is 432 g/mol. The molecule has 0 heterocycles. The Morgan fingerprint density at radius 3 is 2.42 bits per heavy atom. The third-order valence-corrected chi connectivity index (χ3v) is 6.17. The molecule has 0 aliphatic heterocycles. The third-order valence-electron chi connectivity index (χ3n) is 4.91. The van der Waals surface area contributed by atoms with Crippen molar-refractivity contribution in [2.75, 3.05) is 19.4 Å². The minimum Gasteiger partial charge on any atom is -0.497 e. The fourth-order valence-corrected chi connectivity index (χ4v) is 3.94. The van der Waals surface area contributed by atoms with Crippen molar-refractivity contribution in [1.29, 1.82) is 0 Å². The molecule has 31 heavy (non-hydrogen) atoms. The number of thioether (sulfide) groups is 1. The van der Waals surface area contributed by atoms with Crippen LogP contribution in [0.5, 0.6) is 5.75 Å². The van der Waals surface area contributed by atoms with Crippen LogP contribution in [-0.2, 0) is 16.1 Å². The molecule has 2 aromatic rings. The first-order chi connectivity index (χ1) is 14.9. The average molecular weight is 463 g/mol. The van der Waals surface area contributed by atoms with Crippen LogP contribution in [0.1, 0.15) is 38.7 Å². The molecule has 0 unspecified atom stereocenters. The summed E-state index contributed by atoms with van der Waals surface area (Å²) in [6.45, 7) is 4.86. The van der Waals surface area contributed by atoms with Crippen molar-refractivity contribution < 1.29 is 14.3 Å². The van der Waals surface area contributed by atoms with E-state index < -0.39 is 6.04 Å². The normalized spacial score (nSPS) is 11.6. The number of halogens is 1. The van der Waals surface area contributed by atoms with E-state index in [-0.39, 0.29) is 11.8 Å². The lowest BCUT2D eigenvalue weighted by molar-refractivity contribution is -0.140. The number of ether oxygens (including phenoxy) is 1. The van der Waals surface area contributed by atoms with E-state index in [4.69, 9.17) is 16.3 Å². The first-order valence-electron chi connectivity index (χ1n) is 10.5.